The van der Waals surface area contributed by atoms with Crippen LogP contribution < -0.4 is 10.3 Å². The van der Waals surface area contributed by atoms with Gasteiger partial charge in [0.1, 0.15) is 11.6 Å². The minimum absolute atomic E-state index is 0.0488. The minimum atomic E-state index is -0.357. The lowest BCUT2D eigenvalue weighted by Gasteiger charge is -2.22. The second-order valence-corrected chi connectivity index (χ2v) is 8.43. The fourth-order valence-corrected chi connectivity index (χ4v) is 4.32. The van der Waals surface area contributed by atoms with Crippen molar-refractivity contribution >= 4 is 23.4 Å². The quantitative estimate of drug-likeness (QED) is 0.421. The van der Waals surface area contributed by atoms with Gasteiger partial charge in [0, 0.05) is 18.2 Å². The van der Waals surface area contributed by atoms with Gasteiger partial charge in [-0.2, -0.15) is 5.10 Å². The van der Waals surface area contributed by atoms with E-state index in [1.807, 2.05) is 31.2 Å². The van der Waals surface area contributed by atoms with E-state index in [4.69, 9.17) is 4.74 Å². The van der Waals surface area contributed by atoms with Crippen LogP contribution in [0.25, 0.3) is 0 Å². The molecule has 4 rings (SSSR count). The van der Waals surface area contributed by atoms with E-state index in [-0.39, 0.29) is 29.1 Å². The number of aryl methyl sites for hydroxylation is 1. The Morgan fingerprint density at radius 1 is 1.21 bits per heavy atom. The van der Waals surface area contributed by atoms with Gasteiger partial charge < -0.3 is 9.72 Å². The highest BCUT2D eigenvalue weighted by molar-refractivity contribution is 7.99. The molecule has 1 aromatic heterocycles. The van der Waals surface area contributed by atoms with Crippen molar-refractivity contribution < 1.29 is 13.9 Å². The van der Waals surface area contributed by atoms with Gasteiger partial charge in [-0.1, -0.05) is 30.8 Å². The molecule has 0 saturated heterocycles. The van der Waals surface area contributed by atoms with Crippen molar-refractivity contribution in [3.8, 4) is 5.75 Å². The Morgan fingerprint density at radius 3 is 2.61 bits per heavy atom. The number of hydrogen-bond acceptors (Lipinski definition) is 6. The number of amides is 1. The molecule has 1 N–H and O–H groups in total. The van der Waals surface area contributed by atoms with Crippen LogP contribution in [0.2, 0.25) is 0 Å². The maximum atomic E-state index is 13.5. The molecule has 170 valence electrons. The minimum Gasteiger partial charge on any atom is -0.497 e. The van der Waals surface area contributed by atoms with Crippen LogP contribution >= 0.6 is 11.8 Å². The van der Waals surface area contributed by atoms with E-state index in [0.29, 0.717) is 23.7 Å². The zero-order chi connectivity index (χ0) is 23.4. The molecular weight excluding hydrogens is 443 g/mol. The molecule has 2 aromatic carbocycles. The first-order valence-electron chi connectivity index (χ1n) is 10.5. The predicted molar refractivity (Wildman–Crippen MR) is 125 cm³/mol. The average molecular weight is 467 g/mol. The Balaban J connectivity index is 1.58. The number of hydrazone groups is 1. The first-order chi connectivity index (χ1) is 16.0. The maximum absolute atomic E-state index is 13.5. The van der Waals surface area contributed by atoms with E-state index in [2.05, 4.69) is 15.1 Å². The monoisotopic (exact) mass is 466 g/mol. The number of hydrogen-bond donors (Lipinski definition) is 1. The summed E-state index contributed by atoms with van der Waals surface area (Å²) in [4.78, 5) is 32.0. The molecule has 1 aliphatic heterocycles. The van der Waals surface area contributed by atoms with Gasteiger partial charge in [0.15, 0.2) is 5.16 Å². The van der Waals surface area contributed by atoms with Crippen molar-refractivity contribution in [1.82, 2.24) is 15.0 Å². The number of nitrogens with zero attached hydrogens (tertiary/aromatic N) is 3. The van der Waals surface area contributed by atoms with Gasteiger partial charge >= 0.3 is 0 Å². The van der Waals surface area contributed by atoms with Crippen LogP contribution in [0.1, 0.15) is 36.2 Å². The van der Waals surface area contributed by atoms with Crippen LogP contribution in [0.3, 0.4) is 0 Å². The molecule has 0 bridgehead atoms. The summed E-state index contributed by atoms with van der Waals surface area (Å²) in [6.45, 7) is 1.91. The molecule has 9 heteroatoms. The normalized spacial score (nSPS) is 15.4. The van der Waals surface area contributed by atoms with Gasteiger partial charge in [-0.15, -0.1) is 0 Å². The number of aromatic nitrogens is 2. The van der Waals surface area contributed by atoms with E-state index in [0.717, 1.165) is 34.3 Å². The first-order valence-corrected chi connectivity index (χ1v) is 11.5. The molecule has 0 radical (unpaired) electrons. The molecule has 1 aliphatic rings. The fourth-order valence-electron chi connectivity index (χ4n) is 3.57. The molecule has 33 heavy (non-hydrogen) atoms. The molecule has 0 spiro atoms. The van der Waals surface area contributed by atoms with Crippen molar-refractivity contribution in [3.63, 3.8) is 0 Å². The Kier molecular flexibility index (Phi) is 6.88. The number of benzene rings is 2. The highest BCUT2D eigenvalue weighted by atomic mass is 32.2. The highest BCUT2D eigenvalue weighted by Crippen LogP contribution is 2.34. The summed E-state index contributed by atoms with van der Waals surface area (Å²) in [6, 6.07) is 14.7. The van der Waals surface area contributed by atoms with Gasteiger partial charge in [-0.05, 0) is 53.9 Å². The zero-order valence-corrected chi connectivity index (χ0v) is 19.1. The van der Waals surface area contributed by atoms with E-state index < -0.39 is 0 Å². The fraction of sp³-hybridized carbons (Fsp3) is 0.250. The van der Waals surface area contributed by atoms with Crippen molar-refractivity contribution in [1.29, 1.82) is 0 Å². The van der Waals surface area contributed by atoms with Crippen molar-refractivity contribution in [3.05, 3.63) is 87.6 Å². The SMILES string of the molecule is CCc1cc(=O)[nH]c(SCC(=O)N2N=C(c3ccc(OC)cc3)C[C@H]2c2ccc(F)cc2)n1. The maximum Gasteiger partial charge on any atom is 0.253 e. The third-order valence-corrected chi connectivity index (χ3v) is 6.17. The molecule has 1 amide bonds. The van der Waals surface area contributed by atoms with Crippen molar-refractivity contribution in [2.24, 2.45) is 5.10 Å². The molecule has 1 atom stereocenters. The van der Waals surface area contributed by atoms with Gasteiger partial charge in [0.2, 0.25) is 0 Å². The van der Waals surface area contributed by atoms with Crippen molar-refractivity contribution in [2.45, 2.75) is 31.0 Å². The van der Waals surface area contributed by atoms with Crippen LogP contribution in [0, 0.1) is 5.82 Å². The first kappa shape index (κ1) is 22.7. The lowest BCUT2D eigenvalue weighted by molar-refractivity contribution is -0.130. The van der Waals surface area contributed by atoms with Crippen LogP contribution in [0.4, 0.5) is 4.39 Å². The predicted octanol–water partition coefficient (Wildman–Crippen LogP) is 3.95. The number of thioether (sulfide) groups is 1. The highest BCUT2D eigenvalue weighted by Gasteiger charge is 2.33. The lowest BCUT2D eigenvalue weighted by atomic mass is 9.98. The number of rotatable bonds is 7. The van der Waals surface area contributed by atoms with Crippen LogP contribution in [0.15, 0.2) is 69.6 Å². The molecule has 0 fully saturated rings. The number of carbonyl (C=O) groups excluding carboxylic acids is 1. The second-order valence-electron chi connectivity index (χ2n) is 7.47. The zero-order valence-electron chi connectivity index (χ0n) is 18.2. The second kappa shape index (κ2) is 9.99. The number of methoxy groups -OCH3 is 1. The number of nitrogens with one attached hydrogen (secondary N) is 1. The summed E-state index contributed by atoms with van der Waals surface area (Å²) in [7, 11) is 1.60. The molecular formula is C24H23FN4O3S. The van der Waals surface area contributed by atoms with Crippen LogP contribution in [0.5, 0.6) is 5.75 Å². The van der Waals surface area contributed by atoms with Gasteiger partial charge in [0.25, 0.3) is 11.5 Å². The summed E-state index contributed by atoms with van der Waals surface area (Å²) in [5.41, 5.74) is 2.85. The number of aromatic amines is 1. The largest absolute Gasteiger partial charge is 0.497 e. The Labute approximate surface area is 194 Å². The number of H-pyrrole nitrogens is 1. The number of ether oxygens (including phenoxy) is 1. The van der Waals surface area contributed by atoms with Crippen LogP contribution in [-0.4, -0.2) is 39.5 Å². The van der Waals surface area contributed by atoms with E-state index in [9.17, 15) is 14.0 Å². The summed E-state index contributed by atoms with van der Waals surface area (Å²) in [5, 5.41) is 6.46. The molecule has 7 nitrogen and oxygen atoms in total. The van der Waals surface area contributed by atoms with Gasteiger partial charge in [-0.3, -0.25) is 9.59 Å². The Bertz CT molecular complexity index is 1230. The third kappa shape index (κ3) is 5.31. The average Bonchev–Trinajstić information content (AvgIpc) is 3.28. The van der Waals surface area contributed by atoms with E-state index >= 15 is 0 Å². The van der Waals surface area contributed by atoms with Crippen molar-refractivity contribution in [2.75, 3.05) is 12.9 Å². The summed E-state index contributed by atoms with van der Waals surface area (Å²) < 4.78 is 18.7. The molecule has 2 heterocycles. The Morgan fingerprint density at radius 2 is 1.94 bits per heavy atom. The summed E-state index contributed by atoms with van der Waals surface area (Å²) in [6.07, 6.45) is 1.12. The molecule has 0 saturated carbocycles. The lowest BCUT2D eigenvalue weighted by Crippen LogP contribution is -2.28. The Hall–Kier alpha value is -3.46. The smallest absolute Gasteiger partial charge is 0.253 e. The van der Waals surface area contributed by atoms with E-state index in [1.165, 1.54) is 23.2 Å². The number of carbonyl (C=O) groups is 1. The van der Waals surface area contributed by atoms with Gasteiger partial charge in [-0.25, -0.2) is 14.4 Å². The molecule has 0 unspecified atom stereocenters. The molecule has 0 aliphatic carbocycles. The van der Waals surface area contributed by atoms with Gasteiger partial charge in [0.05, 0.1) is 24.6 Å². The number of halogens is 1. The summed E-state index contributed by atoms with van der Waals surface area (Å²) in [5.74, 6) is 0.204. The molecule has 3 aromatic rings. The van der Waals surface area contributed by atoms with Crippen LogP contribution in [-0.2, 0) is 11.2 Å². The van der Waals surface area contributed by atoms with E-state index in [1.54, 1.807) is 19.2 Å². The third-order valence-electron chi connectivity index (χ3n) is 5.31. The topological polar surface area (TPSA) is 87.7 Å². The standard InChI is InChI=1S/C24H23FN4O3S/c1-3-18-12-22(30)27-24(26-18)33-14-23(31)29-21(16-4-8-17(25)9-5-16)13-20(28-29)15-6-10-19(32-2)11-7-15/h4-12,21H,3,13-14H2,1-2H3,(H,26,27,30)/t21-/m0/s1. The summed E-state index contributed by atoms with van der Waals surface area (Å²) >= 11 is 1.16.